The predicted octanol–water partition coefficient (Wildman–Crippen LogP) is 1.56. The van der Waals surface area contributed by atoms with E-state index < -0.39 is 0 Å². The third-order valence-corrected chi connectivity index (χ3v) is 5.24. The Bertz CT molecular complexity index is 647. The normalized spacial score (nSPS) is 17.5. The maximum atomic E-state index is 11.8. The largest absolute Gasteiger partial charge is 0.353 e. The third kappa shape index (κ3) is 5.22. The van der Waals surface area contributed by atoms with Gasteiger partial charge in [0.25, 0.3) is 0 Å². The van der Waals surface area contributed by atoms with Gasteiger partial charge >= 0.3 is 0 Å². The smallest absolute Gasteiger partial charge is 0.230 e. The highest BCUT2D eigenvalue weighted by Gasteiger charge is 2.24. The SMILES string of the molecule is CCC(=O)N1CCN(c2cc(Cl)nc(SCC(=O)NC3CC3)n2)CC1. The number of aromatic nitrogens is 2. The van der Waals surface area contributed by atoms with E-state index in [-0.39, 0.29) is 17.6 Å². The highest BCUT2D eigenvalue weighted by molar-refractivity contribution is 7.99. The number of nitrogens with one attached hydrogen (secondary N) is 1. The van der Waals surface area contributed by atoms with E-state index in [0.717, 1.165) is 18.7 Å². The van der Waals surface area contributed by atoms with E-state index in [9.17, 15) is 9.59 Å². The van der Waals surface area contributed by atoms with Crippen molar-refractivity contribution in [3.63, 3.8) is 0 Å². The van der Waals surface area contributed by atoms with Crippen molar-refractivity contribution in [2.45, 2.75) is 37.4 Å². The van der Waals surface area contributed by atoms with E-state index >= 15 is 0 Å². The van der Waals surface area contributed by atoms with Crippen LogP contribution in [0.5, 0.6) is 0 Å². The maximum absolute atomic E-state index is 11.8. The molecule has 0 bridgehead atoms. The van der Waals surface area contributed by atoms with Crippen LogP contribution in [0.25, 0.3) is 0 Å². The van der Waals surface area contributed by atoms with Gasteiger partial charge in [0, 0.05) is 44.7 Å². The Hall–Kier alpha value is -1.54. The first-order chi connectivity index (χ1) is 12.0. The van der Waals surface area contributed by atoms with E-state index in [0.29, 0.717) is 49.0 Å². The van der Waals surface area contributed by atoms with Crippen LogP contribution in [0, 0.1) is 0 Å². The van der Waals surface area contributed by atoms with Crippen LogP contribution >= 0.6 is 23.4 Å². The first-order valence-electron chi connectivity index (χ1n) is 8.54. The Morgan fingerprint density at radius 3 is 2.64 bits per heavy atom. The maximum Gasteiger partial charge on any atom is 0.230 e. The lowest BCUT2D eigenvalue weighted by molar-refractivity contribution is -0.131. The number of thioether (sulfide) groups is 1. The highest BCUT2D eigenvalue weighted by Crippen LogP contribution is 2.23. The van der Waals surface area contributed by atoms with Crippen molar-refractivity contribution in [1.29, 1.82) is 0 Å². The molecule has 2 aliphatic rings. The highest BCUT2D eigenvalue weighted by atomic mass is 35.5. The molecule has 0 atom stereocenters. The van der Waals surface area contributed by atoms with Gasteiger partial charge in [-0.2, -0.15) is 0 Å². The zero-order chi connectivity index (χ0) is 17.8. The summed E-state index contributed by atoms with van der Waals surface area (Å²) in [6.45, 7) is 4.67. The minimum absolute atomic E-state index is 0.00400. The first kappa shape index (κ1) is 18.3. The Balaban J connectivity index is 1.57. The van der Waals surface area contributed by atoms with Crippen LogP contribution in [0.2, 0.25) is 5.15 Å². The zero-order valence-corrected chi connectivity index (χ0v) is 15.8. The zero-order valence-electron chi connectivity index (χ0n) is 14.2. The molecule has 136 valence electrons. The van der Waals surface area contributed by atoms with Gasteiger partial charge in [0.2, 0.25) is 11.8 Å². The van der Waals surface area contributed by atoms with Crippen LogP contribution < -0.4 is 10.2 Å². The fourth-order valence-electron chi connectivity index (χ4n) is 2.65. The molecule has 1 N–H and O–H groups in total. The number of carbonyl (C=O) groups is 2. The standard InChI is InChI=1S/C16H22ClN5O2S/c1-2-15(24)22-7-5-21(6-8-22)13-9-12(17)19-16(20-13)25-10-14(23)18-11-3-4-11/h9,11H,2-8,10H2,1H3,(H,18,23). The number of piperazine rings is 1. The molecular formula is C16H22ClN5O2S. The number of hydrogen-bond acceptors (Lipinski definition) is 6. The van der Waals surface area contributed by atoms with Crippen molar-refractivity contribution in [3.8, 4) is 0 Å². The summed E-state index contributed by atoms with van der Waals surface area (Å²) in [7, 11) is 0. The fraction of sp³-hybridized carbons (Fsp3) is 0.625. The van der Waals surface area contributed by atoms with Gasteiger partial charge in [-0.3, -0.25) is 9.59 Å². The summed E-state index contributed by atoms with van der Waals surface area (Å²) >= 11 is 7.41. The molecule has 1 aromatic heterocycles. The summed E-state index contributed by atoms with van der Waals surface area (Å²) in [5.41, 5.74) is 0. The molecule has 2 fully saturated rings. The number of rotatable bonds is 6. The number of anilines is 1. The molecule has 9 heteroatoms. The molecule has 3 rings (SSSR count). The minimum atomic E-state index is 0.00400. The monoisotopic (exact) mass is 383 g/mol. The Kier molecular flexibility index (Phi) is 6.01. The average molecular weight is 384 g/mol. The average Bonchev–Trinajstić information content (AvgIpc) is 3.43. The lowest BCUT2D eigenvalue weighted by atomic mass is 10.3. The van der Waals surface area contributed by atoms with Crippen LogP contribution in [-0.4, -0.2) is 64.7 Å². The number of amides is 2. The summed E-state index contributed by atoms with van der Waals surface area (Å²) in [5, 5.41) is 3.81. The van der Waals surface area contributed by atoms with Crippen molar-refractivity contribution in [1.82, 2.24) is 20.2 Å². The molecule has 1 saturated heterocycles. The van der Waals surface area contributed by atoms with Crippen LogP contribution in [0.1, 0.15) is 26.2 Å². The molecule has 7 nitrogen and oxygen atoms in total. The second-order valence-corrected chi connectivity index (χ2v) is 7.51. The van der Waals surface area contributed by atoms with Crippen LogP contribution in [0.3, 0.4) is 0 Å². The van der Waals surface area contributed by atoms with Gasteiger partial charge in [-0.15, -0.1) is 0 Å². The Labute approximate surface area is 156 Å². The summed E-state index contributed by atoms with van der Waals surface area (Å²) in [4.78, 5) is 36.3. The Morgan fingerprint density at radius 2 is 2.00 bits per heavy atom. The molecule has 1 aliphatic heterocycles. The number of carbonyl (C=O) groups excluding carboxylic acids is 2. The quantitative estimate of drug-likeness (QED) is 0.456. The molecule has 25 heavy (non-hydrogen) atoms. The Morgan fingerprint density at radius 1 is 1.28 bits per heavy atom. The summed E-state index contributed by atoms with van der Waals surface area (Å²) in [5.74, 6) is 1.21. The van der Waals surface area contributed by atoms with E-state index in [1.807, 2.05) is 11.8 Å². The molecule has 0 unspecified atom stereocenters. The van der Waals surface area contributed by atoms with Crippen molar-refractivity contribution in [2.24, 2.45) is 0 Å². The van der Waals surface area contributed by atoms with Gasteiger partial charge in [0.1, 0.15) is 11.0 Å². The van der Waals surface area contributed by atoms with Crippen molar-refractivity contribution < 1.29 is 9.59 Å². The first-order valence-corrected chi connectivity index (χ1v) is 9.91. The van der Waals surface area contributed by atoms with Crippen LogP contribution in [0.4, 0.5) is 5.82 Å². The molecule has 0 radical (unpaired) electrons. The molecule has 1 saturated carbocycles. The van der Waals surface area contributed by atoms with Gasteiger partial charge < -0.3 is 15.1 Å². The molecule has 2 heterocycles. The molecule has 2 amide bonds. The second kappa shape index (κ2) is 8.23. The van der Waals surface area contributed by atoms with E-state index in [1.54, 1.807) is 6.07 Å². The summed E-state index contributed by atoms with van der Waals surface area (Å²) in [6, 6.07) is 2.08. The fourth-order valence-corrected chi connectivity index (χ4v) is 3.54. The van der Waals surface area contributed by atoms with Crippen molar-refractivity contribution in [2.75, 3.05) is 36.8 Å². The molecule has 0 spiro atoms. The number of hydrogen-bond donors (Lipinski definition) is 1. The van der Waals surface area contributed by atoms with E-state index in [2.05, 4.69) is 20.2 Å². The lowest BCUT2D eigenvalue weighted by Gasteiger charge is -2.35. The number of nitrogens with zero attached hydrogens (tertiary/aromatic N) is 4. The van der Waals surface area contributed by atoms with Gasteiger partial charge in [0.05, 0.1) is 5.75 Å². The molecule has 0 aromatic carbocycles. The van der Waals surface area contributed by atoms with Crippen molar-refractivity contribution in [3.05, 3.63) is 11.2 Å². The second-order valence-electron chi connectivity index (χ2n) is 6.18. The van der Waals surface area contributed by atoms with Crippen molar-refractivity contribution >= 4 is 41.0 Å². The summed E-state index contributed by atoms with van der Waals surface area (Å²) in [6.07, 6.45) is 2.67. The molecular weight excluding hydrogens is 362 g/mol. The molecule has 1 aliphatic carbocycles. The minimum Gasteiger partial charge on any atom is -0.353 e. The van der Waals surface area contributed by atoms with Gasteiger partial charge in [0.15, 0.2) is 5.16 Å². The van der Waals surface area contributed by atoms with Crippen LogP contribution in [-0.2, 0) is 9.59 Å². The van der Waals surface area contributed by atoms with Gasteiger partial charge in [-0.1, -0.05) is 30.3 Å². The third-order valence-electron chi connectivity index (χ3n) is 4.19. The number of halogens is 1. The predicted molar refractivity (Wildman–Crippen MR) is 98.0 cm³/mol. The van der Waals surface area contributed by atoms with Gasteiger partial charge in [-0.25, -0.2) is 9.97 Å². The van der Waals surface area contributed by atoms with Crippen LogP contribution in [0.15, 0.2) is 11.2 Å². The van der Waals surface area contributed by atoms with E-state index in [1.165, 1.54) is 11.8 Å². The lowest BCUT2D eigenvalue weighted by Crippen LogP contribution is -2.48. The van der Waals surface area contributed by atoms with Gasteiger partial charge in [-0.05, 0) is 12.8 Å². The molecule has 1 aromatic rings. The van der Waals surface area contributed by atoms with E-state index in [4.69, 9.17) is 11.6 Å². The topological polar surface area (TPSA) is 78.4 Å². The summed E-state index contributed by atoms with van der Waals surface area (Å²) < 4.78 is 0.